The first-order valence-electron chi connectivity index (χ1n) is 11.6. The van der Waals surface area contributed by atoms with Gasteiger partial charge in [0.1, 0.15) is 0 Å². The molecule has 0 aromatic heterocycles. The number of ether oxygens (including phenoxy) is 2. The van der Waals surface area contributed by atoms with Crippen molar-refractivity contribution in [1.82, 2.24) is 0 Å². The molecule has 0 saturated heterocycles. The Kier molecular flexibility index (Phi) is 7.03. The molecule has 0 spiro atoms. The van der Waals surface area contributed by atoms with E-state index in [1.807, 2.05) is 88.3 Å². The van der Waals surface area contributed by atoms with Gasteiger partial charge in [-0.1, -0.05) is 23.7 Å². The van der Waals surface area contributed by atoms with Gasteiger partial charge in [0.05, 0.1) is 25.7 Å². The van der Waals surface area contributed by atoms with Crippen LogP contribution < -0.4 is 19.3 Å². The number of fused-ring (bicyclic) bond motifs is 1. The molecule has 0 fully saturated rings. The van der Waals surface area contributed by atoms with Gasteiger partial charge in [-0.25, -0.2) is 0 Å². The van der Waals surface area contributed by atoms with Gasteiger partial charge in [-0.3, -0.25) is 4.79 Å². The van der Waals surface area contributed by atoms with E-state index in [1.54, 1.807) is 0 Å². The SMILES string of the molecule is CCOc1cc2c(cc1OCC)C(c1ccc(Cl)cc1)N(c1ccc(N(C)C)cc1C)C(=O)C2. The molecule has 4 rings (SSSR count). The van der Waals surface area contributed by atoms with Gasteiger partial charge in [0.25, 0.3) is 0 Å². The molecule has 1 atom stereocenters. The third kappa shape index (κ3) is 4.58. The Morgan fingerprint density at radius 1 is 0.971 bits per heavy atom. The Bertz CT molecular complexity index is 1190. The molecule has 178 valence electrons. The highest BCUT2D eigenvalue weighted by atomic mass is 35.5. The molecule has 6 heteroatoms. The number of amides is 1. The zero-order valence-electron chi connectivity index (χ0n) is 20.4. The average Bonchev–Trinajstić information content (AvgIpc) is 2.80. The highest BCUT2D eigenvalue weighted by Crippen LogP contribution is 2.44. The molecular weight excluding hydrogens is 448 g/mol. The molecule has 34 heavy (non-hydrogen) atoms. The number of rotatable bonds is 7. The Morgan fingerprint density at radius 2 is 1.62 bits per heavy atom. The quantitative estimate of drug-likeness (QED) is 0.406. The Labute approximate surface area is 206 Å². The fraction of sp³-hybridized carbons (Fsp3) is 0.321. The average molecular weight is 479 g/mol. The number of halogens is 1. The van der Waals surface area contributed by atoms with Crippen LogP contribution in [0.4, 0.5) is 11.4 Å². The summed E-state index contributed by atoms with van der Waals surface area (Å²) >= 11 is 6.21. The third-order valence-electron chi connectivity index (χ3n) is 6.11. The van der Waals surface area contributed by atoms with Crippen molar-refractivity contribution < 1.29 is 14.3 Å². The summed E-state index contributed by atoms with van der Waals surface area (Å²) in [7, 11) is 4.02. The topological polar surface area (TPSA) is 42.0 Å². The van der Waals surface area contributed by atoms with Crippen LogP contribution >= 0.6 is 11.6 Å². The maximum absolute atomic E-state index is 13.7. The Hall–Kier alpha value is -3.18. The molecule has 3 aromatic carbocycles. The van der Waals surface area contributed by atoms with Gasteiger partial charge in [-0.05, 0) is 85.5 Å². The van der Waals surface area contributed by atoms with Crippen molar-refractivity contribution in [1.29, 1.82) is 0 Å². The van der Waals surface area contributed by atoms with E-state index in [2.05, 4.69) is 11.0 Å². The van der Waals surface area contributed by atoms with Crippen molar-refractivity contribution in [3.05, 3.63) is 81.9 Å². The maximum atomic E-state index is 13.7. The van der Waals surface area contributed by atoms with Crippen LogP contribution in [0.1, 0.15) is 42.1 Å². The minimum Gasteiger partial charge on any atom is -0.490 e. The predicted octanol–water partition coefficient (Wildman–Crippen LogP) is 6.19. The lowest BCUT2D eigenvalue weighted by Gasteiger charge is -2.39. The van der Waals surface area contributed by atoms with Crippen LogP contribution in [-0.4, -0.2) is 33.2 Å². The van der Waals surface area contributed by atoms with Crippen molar-refractivity contribution >= 4 is 28.9 Å². The summed E-state index contributed by atoms with van der Waals surface area (Å²) in [5.41, 5.74) is 6.00. The summed E-state index contributed by atoms with van der Waals surface area (Å²) < 4.78 is 11.8. The van der Waals surface area contributed by atoms with E-state index >= 15 is 0 Å². The van der Waals surface area contributed by atoms with Crippen LogP contribution in [0.2, 0.25) is 5.02 Å². The molecule has 1 heterocycles. The van der Waals surface area contributed by atoms with Gasteiger partial charge < -0.3 is 19.3 Å². The predicted molar refractivity (Wildman–Crippen MR) is 139 cm³/mol. The molecule has 0 saturated carbocycles. The first-order valence-corrected chi connectivity index (χ1v) is 12.0. The van der Waals surface area contributed by atoms with Gasteiger partial charge in [-0.15, -0.1) is 0 Å². The number of hydrogen-bond acceptors (Lipinski definition) is 4. The number of benzene rings is 3. The van der Waals surface area contributed by atoms with Crippen LogP contribution in [0.5, 0.6) is 11.5 Å². The van der Waals surface area contributed by atoms with Crippen molar-refractivity contribution in [2.24, 2.45) is 0 Å². The summed E-state index contributed by atoms with van der Waals surface area (Å²) in [6, 6.07) is 17.6. The largest absolute Gasteiger partial charge is 0.490 e. The van der Waals surface area contributed by atoms with Gasteiger partial charge in [0, 0.05) is 30.5 Å². The van der Waals surface area contributed by atoms with Crippen molar-refractivity contribution in [3.8, 4) is 11.5 Å². The van der Waals surface area contributed by atoms with Crippen LogP contribution in [0.15, 0.2) is 54.6 Å². The second kappa shape index (κ2) is 9.98. The minimum absolute atomic E-state index is 0.0414. The lowest BCUT2D eigenvalue weighted by Crippen LogP contribution is -2.41. The number of carbonyl (C=O) groups excluding carboxylic acids is 1. The van der Waals surface area contributed by atoms with Gasteiger partial charge in [-0.2, -0.15) is 0 Å². The summed E-state index contributed by atoms with van der Waals surface area (Å²) in [6.45, 7) is 7.00. The summed E-state index contributed by atoms with van der Waals surface area (Å²) in [5, 5.41) is 0.658. The van der Waals surface area contributed by atoms with E-state index in [4.69, 9.17) is 21.1 Å². The van der Waals surface area contributed by atoms with Gasteiger partial charge in [0.2, 0.25) is 5.91 Å². The minimum atomic E-state index is -0.313. The Morgan fingerprint density at radius 3 is 2.21 bits per heavy atom. The smallest absolute Gasteiger partial charge is 0.232 e. The fourth-order valence-corrected chi connectivity index (χ4v) is 4.65. The molecule has 3 aromatic rings. The summed E-state index contributed by atoms with van der Waals surface area (Å²) in [4.78, 5) is 17.6. The lowest BCUT2D eigenvalue weighted by atomic mass is 9.86. The monoisotopic (exact) mass is 478 g/mol. The standard InChI is InChI=1S/C28H31ClN2O3/c1-6-33-25-15-20-16-27(32)31(24-13-12-22(30(4)5)14-18(24)3)28(19-8-10-21(29)11-9-19)23(20)17-26(25)34-7-2/h8-15,17,28H,6-7,16H2,1-5H3. The fourth-order valence-electron chi connectivity index (χ4n) is 4.53. The number of carbonyl (C=O) groups is 1. The summed E-state index contributed by atoms with van der Waals surface area (Å²) in [5.74, 6) is 1.40. The van der Waals surface area contributed by atoms with E-state index in [1.165, 1.54) is 0 Å². The van der Waals surface area contributed by atoms with Crippen molar-refractivity contribution in [2.45, 2.75) is 33.2 Å². The molecule has 1 aliphatic heterocycles. The lowest BCUT2D eigenvalue weighted by molar-refractivity contribution is -0.118. The second-order valence-electron chi connectivity index (χ2n) is 8.62. The van der Waals surface area contributed by atoms with E-state index in [-0.39, 0.29) is 11.9 Å². The highest BCUT2D eigenvalue weighted by Gasteiger charge is 2.36. The van der Waals surface area contributed by atoms with Crippen LogP contribution in [0.3, 0.4) is 0 Å². The molecule has 5 nitrogen and oxygen atoms in total. The molecule has 1 unspecified atom stereocenters. The van der Waals surface area contributed by atoms with E-state index < -0.39 is 0 Å². The van der Waals surface area contributed by atoms with Gasteiger partial charge >= 0.3 is 0 Å². The number of nitrogens with zero attached hydrogens (tertiary/aromatic N) is 2. The third-order valence-corrected chi connectivity index (χ3v) is 6.36. The second-order valence-corrected chi connectivity index (χ2v) is 9.06. The normalized spacial score (nSPS) is 15.2. The molecule has 0 N–H and O–H groups in total. The Balaban J connectivity index is 1.92. The van der Waals surface area contributed by atoms with Gasteiger partial charge in [0.15, 0.2) is 11.5 Å². The molecule has 0 aliphatic carbocycles. The molecular formula is C28H31ClN2O3. The maximum Gasteiger partial charge on any atom is 0.232 e. The van der Waals surface area contributed by atoms with E-state index in [9.17, 15) is 4.79 Å². The van der Waals surface area contributed by atoms with Crippen LogP contribution in [0.25, 0.3) is 0 Å². The molecule has 1 amide bonds. The van der Waals surface area contributed by atoms with E-state index in [0.29, 0.717) is 36.2 Å². The number of hydrogen-bond donors (Lipinski definition) is 0. The van der Waals surface area contributed by atoms with Crippen molar-refractivity contribution in [3.63, 3.8) is 0 Å². The first-order chi connectivity index (χ1) is 16.3. The summed E-state index contributed by atoms with van der Waals surface area (Å²) in [6.07, 6.45) is 0.292. The molecule has 1 aliphatic rings. The van der Waals surface area contributed by atoms with Crippen LogP contribution in [0, 0.1) is 6.92 Å². The number of aryl methyl sites for hydroxylation is 1. The van der Waals surface area contributed by atoms with Crippen LogP contribution in [-0.2, 0) is 11.2 Å². The zero-order chi connectivity index (χ0) is 24.4. The van der Waals surface area contributed by atoms with E-state index in [0.717, 1.165) is 33.6 Å². The zero-order valence-corrected chi connectivity index (χ0v) is 21.1. The molecule has 0 radical (unpaired) electrons. The first kappa shape index (κ1) is 24.0. The number of anilines is 2. The highest BCUT2D eigenvalue weighted by molar-refractivity contribution is 6.30. The van der Waals surface area contributed by atoms with Crippen molar-refractivity contribution in [2.75, 3.05) is 37.1 Å². The molecule has 0 bridgehead atoms.